The van der Waals surface area contributed by atoms with Crippen LogP contribution in [0.5, 0.6) is 0 Å². The second-order valence-corrected chi connectivity index (χ2v) is 9.53. The van der Waals surface area contributed by atoms with Crippen LogP contribution in [0.4, 0.5) is 11.4 Å². The highest BCUT2D eigenvalue weighted by Gasteiger charge is 2.13. The van der Waals surface area contributed by atoms with Crippen LogP contribution in [0.3, 0.4) is 0 Å². The molecule has 0 fully saturated rings. The van der Waals surface area contributed by atoms with Gasteiger partial charge in [-0.15, -0.1) is 0 Å². The van der Waals surface area contributed by atoms with Crippen molar-refractivity contribution in [1.82, 2.24) is 0 Å². The molecule has 6 nitrogen and oxygen atoms in total. The Hall–Kier alpha value is -2.94. The van der Waals surface area contributed by atoms with E-state index in [9.17, 15) is 18.0 Å². The molecule has 9 heteroatoms. The van der Waals surface area contributed by atoms with Crippen molar-refractivity contribution < 1.29 is 18.0 Å². The fourth-order valence-corrected chi connectivity index (χ4v) is 4.01. The van der Waals surface area contributed by atoms with Crippen molar-refractivity contribution in [3.05, 3.63) is 81.5 Å². The van der Waals surface area contributed by atoms with Crippen LogP contribution in [-0.4, -0.2) is 26.5 Å². The van der Waals surface area contributed by atoms with E-state index in [2.05, 4.69) is 10.6 Å². The van der Waals surface area contributed by atoms with E-state index < -0.39 is 15.7 Å². The standard InChI is InChI=1S/C21H17ClN2O4S2/c1-30(27,28)17-4-2-3-15(11-17)21(26)24-19-7-6-16(12-18(19)22)23-20(25)8-5-14-9-10-29-13-14/h2-13H,1H3,(H,23,25)(H,24,26)/b8-5+. The van der Waals surface area contributed by atoms with Crippen molar-refractivity contribution in [2.45, 2.75) is 4.90 Å². The van der Waals surface area contributed by atoms with Crippen molar-refractivity contribution in [1.29, 1.82) is 0 Å². The molecule has 0 aliphatic heterocycles. The van der Waals surface area contributed by atoms with Crippen molar-refractivity contribution in [2.75, 3.05) is 16.9 Å². The van der Waals surface area contributed by atoms with E-state index in [-0.39, 0.29) is 21.4 Å². The van der Waals surface area contributed by atoms with Gasteiger partial charge in [0.15, 0.2) is 9.84 Å². The summed E-state index contributed by atoms with van der Waals surface area (Å²) in [5.74, 6) is -0.815. The molecule has 1 aromatic heterocycles. The van der Waals surface area contributed by atoms with Crippen LogP contribution in [-0.2, 0) is 14.6 Å². The van der Waals surface area contributed by atoms with E-state index in [1.165, 1.54) is 47.7 Å². The summed E-state index contributed by atoms with van der Waals surface area (Å²) in [6, 6.07) is 12.3. The molecule has 0 spiro atoms. The number of benzene rings is 2. The summed E-state index contributed by atoms with van der Waals surface area (Å²) in [6.45, 7) is 0. The maximum absolute atomic E-state index is 12.5. The predicted molar refractivity (Wildman–Crippen MR) is 121 cm³/mol. The minimum Gasteiger partial charge on any atom is -0.322 e. The van der Waals surface area contributed by atoms with Crippen LogP contribution in [0.1, 0.15) is 15.9 Å². The number of hydrogen-bond donors (Lipinski definition) is 2. The second kappa shape index (κ2) is 9.25. The van der Waals surface area contributed by atoms with Crippen molar-refractivity contribution >= 4 is 62.0 Å². The van der Waals surface area contributed by atoms with Crippen LogP contribution < -0.4 is 10.6 Å². The van der Waals surface area contributed by atoms with Gasteiger partial charge in [0.05, 0.1) is 15.6 Å². The van der Waals surface area contributed by atoms with Gasteiger partial charge in [0.2, 0.25) is 5.91 Å². The summed E-state index contributed by atoms with van der Waals surface area (Å²) < 4.78 is 23.3. The zero-order valence-corrected chi connectivity index (χ0v) is 18.1. The highest BCUT2D eigenvalue weighted by atomic mass is 35.5. The molecule has 0 bridgehead atoms. The normalized spacial score (nSPS) is 11.4. The quantitative estimate of drug-likeness (QED) is 0.521. The number of halogens is 1. The third-order valence-electron chi connectivity index (χ3n) is 3.98. The number of carbonyl (C=O) groups excluding carboxylic acids is 2. The Balaban J connectivity index is 1.68. The van der Waals surface area contributed by atoms with Crippen LogP contribution >= 0.6 is 22.9 Å². The number of hydrogen-bond acceptors (Lipinski definition) is 5. The van der Waals surface area contributed by atoms with Gasteiger partial charge in [0.25, 0.3) is 5.91 Å². The predicted octanol–water partition coefficient (Wildman–Crippen LogP) is 4.71. The molecule has 0 radical (unpaired) electrons. The van der Waals surface area contributed by atoms with Crippen LogP contribution in [0.2, 0.25) is 5.02 Å². The first kappa shape index (κ1) is 21.8. The molecule has 30 heavy (non-hydrogen) atoms. The van der Waals surface area contributed by atoms with Gasteiger partial charge < -0.3 is 10.6 Å². The first-order valence-corrected chi connectivity index (χ1v) is 11.9. The second-order valence-electron chi connectivity index (χ2n) is 6.33. The molecule has 0 aliphatic rings. The zero-order chi connectivity index (χ0) is 21.7. The Labute approximate surface area is 183 Å². The first-order chi connectivity index (χ1) is 14.2. The number of sulfone groups is 1. The van der Waals surface area contributed by atoms with Crippen molar-refractivity contribution in [3.8, 4) is 0 Å². The maximum atomic E-state index is 12.5. The van der Waals surface area contributed by atoms with E-state index >= 15 is 0 Å². The van der Waals surface area contributed by atoms with Gasteiger partial charge in [-0.25, -0.2) is 8.42 Å². The Morgan fingerprint density at radius 1 is 1.07 bits per heavy atom. The third kappa shape index (κ3) is 5.79. The molecule has 2 amide bonds. The summed E-state index contributed by atoms with van der Waals surface area (Å²) >= 11 is 7.77. The number of rotatable bonds is 6. The molecule has 154 valence electrons. The largest absolute Gasteiger partial charge is 0.322 e. The Morgan fingerprint density at radius 3 is 2.53 bits per heavy atom. The Bertz CT molecular complexity index is 1220. The summed E-state index contributed by atoms with van der Waals surface area (Å²) in [6.07, 6.45) is 4.19. The molecule has 0 aliphatic carbocycles. The van der Waals surface area contributed by atoms with Crippen LogP contribution in [0, 0.1) is 0 Å². The summed E-state index contributed by atoms with van der Waals surface area (Å²) in [4.78, 5) is 24.5. The van der Waals surface area contributed by atoms with E-state index in [1.54, 1.807) is 18.2 Å². The van der Waals surface area contributed by atoms with E-state index in [0.717, 1.165) is 11.8 Å². The zero-order valence-electron chi connectivity index (χ0n) is 15.8. The van der Waals surface area contributed by atoms with Gasteiger partial charge in [0, 0.05) is 23.6 Å². The van der Waals surface area contributed by atoms with Gasteiger partial charge in [0.1, 0.15) is 0 Å². The molecule has 3 rings (SSSR count). The topological polar surface area (TPSA) is 92.3 Å². The molecule has 0 unspecified atom stereocenters. The minimum absolute atomic E-state index is 0.0508. The average molecular weight is 461 g/mol. The summed E-state index contributed by atoms with van der Waals surface area (Å²) in [7, 11) is -3.43. The Morgan fingerprint density at radius 2 is 1.87 bits per heavy atom. The number of nitrogens with one attached hydrogen (secondary N) is 2. The number of thiophene rings is 1. The molecular weight excluding hydrogens is 444 g/mol. The molecule has 0 saturated carbocycles. The molecule has 3 aromatic rings. The van der Waals surface area contributed by atoms with Gasteiger partial charge in [-0.05, 0) is 64.9 Å². The lowest BCUT2D eigenvalue weighted by Crippen LogP contribution is -2.13. The monoisotopic (exact) mass is 460 g/mol. The van der Waals surface area contributed by atoms with Gasteiger partial charge >= 0.3 is 0 Å². The maximum Gasteiger partial charge on any atom is 0.255 e. The minimum atomic E-state index is -3.43. The van der Waals surface area contributed by atoms with Gasteiger partial charge in [-0.1, -0.05) is 17.7 Å². The van der Waals surface area contributed by atoms with Gasteiger partial charge in [-0.3, -0.25) is 9.59 Å². The Kier molecular flexibility index (Phi) is 6.71. The highest BCUT2D eigenvalue weighted by Crippen LogP contribution is 2.26. The van der Waals surface area contributed by atoms with Crippen LogP contribution in [0.15, 0.2) is 70.3 Å². The molecule has 2 aromatic carbocycles. The van der Waals surface area contributed by atoms with E-state index in [0.29, 0.717) is 11.4 Å². The summed E-state index contributed by atoms with van der Waals surface area (Å²) in [5, 5.41) is 9.40. The van der Waals surface area contributed by atoms with Crippen molar-refractivity contribution in [3.63, 3.8) is 0 Å². The van der Waals surface area contributed by atoms with E-state index in [4.69, 9.17) is 11.6 Å². The van der Waals surface area contributed by atoms with Gasteiger partial charge in [-0.2, -0.15) is 11.3 Å². The smallest absolute Gasteiger partial charge is 0.255 e. The number of amides is 2. The molecule has 0 saturated heterocycles. The molecule has 1 heterocycles. The fourth-order valence-electron chi connectivity index (χ4n) is 2.48. The first-order valence-electron chi connectivity index (χ1n) is 8.65. The summed E-state index contributed by atoms with van der Waals surface area (Å²) in [5.41, 5.74) is 1.92. The molecular formula is C21H17ClN2O4S2. The van der Waals surface area contributed by atoms with Crippen molar-refractivity contribution in [2.24, 2.45) is 0 Å². The third-order valence-corrected chi connectivity index (χ3v) is 6.10. The van der Waals surface area contributed by atoms with Crippen LogP contribution in [0.25, 0.3) is 6.08 Å². The highest BCUT2D eigenvalue weighted by molar-refractivity contribution is 7.90. The van der Waals surface area contributed by atoms with E-state index in [1.807, 2.05) is 16.8 Å². The lowest BCUT2D eigenvalue weighted by atomic mass is 10.2. The lowest BCUT2D eigenvalue weighted by molar-refractivity contribution is -0.111. The molecule has 0 atom stereocenters. The molecule has 2 N–H and O–H groups in total. The SMILES string of the molecule is CS(=O)(=O)c1cccc(C(=O)Nc2ccc(NC(=O)/C=C/c3ccsc3)cc2Cl)c1. The number of anilines is 2. The lowest BCUT2D eigenvalue weighted by Gasteiger charge is -2.10. The average Bonchev–Trinajstić information content (AvgIpc) is 3.21. The fraction of sp³-hybridized carbons (Fsp3) is 0.0476. The number of carbonyl (C=O) groups is 2.